The van der Waals surface area contributed by atoms with Crippen molar-refractivity contribution in [3.05, 3.63) is 29.8 Å². The molecule has 6 heteroatoms. The minimum absolute atomic E-state index is 0.00541. The average Bonchev–Trinajstić information content (AvgIpc) is 3.53. The van der Waals surface area contributed by atoms with Gasteiger partial charge in [-0.2, -0.15) is 15.0 Å². The molecule has 2 aliphatic carbocycles. The van der Waals surface area contributed by atoms with Crippen LogP contribution in [0.3, 0.4) is 0 Å². The molecule has 4 rings (SSSR count). The number of nitrogens with one attached hydrogen (secondary N) is 1. The van der Waals surface area contributed by atoms with Crippen molar-refractivity contribution in [1.82, 2.24) is 15.0 Å². The molecule has 1 aromatic heterocycles. The normalized spacial score (nSPS) is 18.7. The number of hydrogen-bond acceptors (Lipinski definition) is 6. The summed E-state index contributed by atoms with van der Waals surface area (Å²) in [5, 5.41) is 12.8. The van der Waals surface area contributed by atoms with Gasteiger partial charge < -0.3 is 10.4 Å². The van der Waals surface area contributed by atoms with Crippen molar-refractivity contribution in [2.24, 2.45) is 16.8 Å². The van der Waals surface area contributed by atoms with E-state index in [9.17, 15) is 5.11 Å². The van der Waals surface area contributed by atoms with Gasteiger partial charge in [-0.25, -0.2) is 4.99 Å². The van der Waals surface area contributed by atoms with E-state index in [2.05, 4.69) is 32.2 Å². The van der Waals surface area contributed by atoms with Gasteiger partial charge >= 0.3 is 0 Å². The lowest BCUT2D eigenvalue weighted by Crippen LogP contribution is -2.19. The summed E-state index contributed by atoms with van der Waals surface area (Å²) in [6, 6.07) is 7.99. The fourth-order valence-electron chi connectivity index (χ4n) is 3.09. The average molecular weight is 351 g/mol. The first-order valence-electron chi connectivity index (χ1n) is 9.40. The van der Waals surface area contributed by atoms with Crippen molar-refractivity contribution in [1.29, 1.82) is 0 Å². The number of rotatable bonds is 7. The van der Waals surface area contributed by atoms with Crippen LogP contribution in [0.1, 0.15) is 45.1 Å². The van der Waals surface area contributed by atoms with E-state index in [0.29, 0.717) is 35.6 Å². The minimum Gasteiger partial charge on any atom is -0.392 e. The van der Waals surface area contributed by atoms with E-state index in [4.69, 9.17) is 0 Å². The summed E-state index contributed by atoms with van der Waals surface area (Å²) in [5.41, 5.74) is 2.79. The second-order valence-corrected chi connectivity index (χ2v) is 7.44. The summed E-state index contributed by atoms with van der Waals surface area (Å²) in [6.45, 7) is 4.22. The van der Waals surface area contributed by atoms with E-state index in [1.54, 1.807) is 0 Å². The van der Waals surface area contributed by atoms with Gasteiger partial charge in [-0.1, -0.05) is 18.2 Å². The van der Waals surface area contributed by atoms with Gasteiger partial charge in [0.15, 0.2) is 5.82 Å². The molecule has 0 aliphatic heterocycles. The van der Waals surface area contributed by atoms with Crippen LogP contribution in [-0.4, -0.2) is 31.8 Å². The van der Waals surface area contributed by atoms with Crippen LogP contribution in [0.4, 0.5) is 11.9 Å². The number of aliphatic hydroxyl groups is 1. The summed E-state index contributed by atoms with van der Waals surface area (Å²) in [5.74, 6) is 2.90. The molecule has 2 saturated carbocycles. The maximum Gasteiger partial charge on any atom is 0.254 e. The third-order valence-electron chi connectivity index (χ3n) is 5.12. The van der Waals surface area contributed by atoms with E-state index in [1.807, 2.05) is 31.2 Å². The summed E-state index contributed by atoms with van der Waals surface area (Å²) in [4.78, 5) is 18.4. The van der Waals surface area contributed by atoms with Crippen LogP contribution in [0.25, 0.3) is 11.4 Å². The zero-order chi connectivity index (χ0) is 18.1. The van der Waals surface area contributed by atoms with Gasteiger partial charge in [-0.05, 0) is 63.0 Å². The Balaban J connectivity index is 1.69. The second-order valence-electron chi connectivity index (χ2n) is 7.44. The molecule has 1 heterocycles. The largest absolute Gasteiger partial charge is 0.392 e. The van der Waals surface area contributed by atoms with Crippen molar-refractivity contribution < 1.29 is 5.11 Å². The molecule has 1 aromatic carbocycles. The summed E-state index contributed by atoms with van der Waals surface area (Å²) < 4.78 is 0. The smallest absolute Gasteiger partial charge is 0.254 e. The molecule has 0 bridgehead atoms. The predicted octanol–water partition coefficient (Wildman–Crippen LogP) is 3.74. The molecule has 2 aromatic rings. The lowest BCUT2D eigenvalue weighted by atomic mass is 10.1. The quantitative estimate of drug-likeness (QED) is 0.742. The van der Waals surface area contributed by atoms with Crippen molar-refractivity contribution in [3.63, 3.8) is 0 Å². The first-order chi connectivity index (χ1) is 12.6. The molecular weight excluding hydrogens is 326 g/mol. The Bertz CT molecular complexity index is 827. The number of benzene rings is 1. The molecule has 0 spiro atoms. The van der Waals surface area contributed by atoms with Crippen LogP contribution >= 0.6 is 0 Å². The van der Waals surface area contributed by atoms with Gasteiger partial charge in [-0.3, -0.25) is 0 Å². The SMILES string of the molecule is CC(=Nc1nc(N[C@H](C)C2CC2)nc(-c2cccc(CO)c2)n1)C1CC1. The van der Waals surface area contributed by atoms with E-state index < -0.39 is 0 Å². The molecule has 2 fully saturated rings. The molecule has 2 N–H and O–H groups in total. The molecule has 0 amide bonds. The van der Waals surface area contributed by atoms with Crippen LogP contribution in [0, 0.1) is 11.8 Å². The summed E-state index contributed by atoms with van der Waals surface area (Å²) in [6.07, 6.45) is 4.93. The molecule has 2 aliphatic rings. The number of nitrogens with zero attached hydrogens (tertiary/aromatic N) is 4. The Morgan fingerprint density at radius 2 is 2.04 bits per heavy atom. The Labute approximate surface area is 153 Å². The molecule has 26 heavy (non-hydrogen) atoms. The van der Waals surface area contributed by atoms with Crippen molar-refractivity contribution >= 4 is 17.6 Å². The summed E-state index contributed by atoms with van der Waals surface area (Å²) in [7, 11) is 0. The van der Waals surface area contributed by atoms with Gasteiger partial charge in [0.2, 0.25) is 5.95 Å². The first-order valence-corrected chi connectivity index (χ1v) is 9.40. The van der Waals surface area contributed by atoms with Crippen LogP contribution < -0.4 is 5.32 Å². The highest BCUT2D eigenvalue weighted by atomic mass is 16.3. The van der Waals surface area contributed by atoms with Crippen molar-refractivity contribution in [2.75, 3.05) is 5.32 Å². The standard InChI is InChI=1S/C20H25N5O/c1-12(15-6-7-15)21-19-23-18(17-5-3-4-14(10-17)11-26)24-20(25-19)22-13(2)16-8-9-16/h3-5,10,12,15-16,26H,6-9,11H2,1-2H3,(H,21,23,24,25)/t12-/m1/s1. The molecule has 1 atom stereocenters. The summed E-state index contributed by atoms with van der Waals surface area (Å²) >= 11 is 0. The highest BCUT2D eigenvalue weighted by Gasteiger charge is 2.29. The Kier molecular flexibility index (Phi) is 4.68. The third kappa shape index (κ3) is 4.07. The molecule has 0 radical (unpaired) electrons. The van der Waals surface area contributed by atoms with Crippen LogP contribution in [-0.2, 0) is 6.61 Å². The van der Waals surface area contributed by atoms with Gasteiger partial charge in [0.1, 0.15) is 0 Å². The predicted molar refractivity (Wildman–Crippen MR) is 102 cm³/mol. The second kappa shape index (κ2) is 7.11. The Morgan fingerprint density at radius 3 is 2.73 bits per heavy atom. The monoisotopic (exact) mass is 351 g/mol. The highest BCUT2D eigenvalue weighted by Crippen LogP contribution is 2.34. The van der Waals surface area contributed by atoms with Gasteiger partial charge in [0.05, 0.1) is 6.61 Å². The molecule has 0 unspecified atom stereocenters. The zero-order valence-corrected chi connectivity index (χ0v) is 15.3. The van der Waals surface area contributed by atoms with Crippen LogP contribution in [0.5, 0.6) is 0 Å². The third-order valence-corrected chi connectivity index (χ3v) is 5.12. The Hall–Kier alpha value is -2.34. The number of anilines is 1. The van der Waals surface area contributed by atoms with E-state index >= 15 is 0 Å². The maximum atomic E-state index is 9.40. The van der Waals surface area contributed by atoms with Gasteiger partial charge in [0, 0.05) is 17.3 Å². The topological polar surface area (TPSA) is 83.3 Å². The highest BCUT2D eigenvalue weighted by molar-refractivity contribution is 5.88. The van der Waals surface area contributed by atoms with Crippen LogP contribution in [0.2, 0.25) is 0 Å². The molecular formula is C20H25N5O. The first kappa shape index (κ1) is 17.1. The van der Waals surface area contributed by atoms with Gasteiger partial charge in [-0.15, -0.1) is 0 Å². The van der Waals surface area contributed by atoms with Crippen molar-refractivity contribution in [3.8, 4) is 11.4 Å². The van der Waals surface area contributed by atoms with E-state index in [-0.39, 0.29) is 6.61 Å². The molecule has 0 saturated heterocycles. The lowest BCUT2D eigenvalue weighted by Gasteiger charge is -2.13. The zero-order valence-electron chi connectivity index (χ0n) is 15.3. The number of aromatic nitrogens is 3. The van der Waals surface area contributed by atoms with E-state index in [0.717, 1.165) is 16.8 Å². The van der Waals surface area contributed by atoms with Crippen LogP contribution in [0.15, 0.2) is 29.3 Å². The Morgan fingerprint density at radius 1 is 1.23 bits per heavy atom. The number of aliphatic imine (C=N–C) groups is 1. The number of aliphatic hydroxyl groups excluding tert-OH is 1. The minimum atomic E-state index is -0.00541. The number of hydrogen-bond donors (Lipinski definition) is 2. The fourth-order valence-corrected chi connectivity index (χ4v) is 3.09. The van der Waals surface area contributed by atoms with Crippen molar-refractivity contribution in [2.45, 2.75) is 52.2 Å². The molecule has 136 valence electrons. The molecule has 6 nitrogen and oxygen atoms in total. The van der Waals surface area contributed by atoms with Gasteiger partial charge in [0.25, 0.3) is 5.95 Å². The van der Waals surface area contributed by atoms with E-state index in [1.165, 1.54) is 25.7 Å². The maximum absolute atomic E-state index is 9.40. The fraction of sp³-hybridized carbons (Fsp3) is 0.500. The lowest BCUT2D eigenvalue weighted by molar-refractivity contribution is 0.282.